The third kappa shape index (κ3) is 3.96. The molecule has 0 aliphatic heterocycles. The molecule has 2 rings (SSSR count). The lowest BCUT2D eigenvalue weighted by Crippen LogP contribution is -2.36. The lowest BCUT2D eigenvalue weighted by atomic mass is 10.3. The van der Waals surface area contributed by atoms with E-state index in [-0.39, 0.29) is 6.03 Å². The molecule has 0 radical (unpaired) electrons. The van der Waals surface area contributed by atoms with Crippen molar-refractivity contribution in [2.45, 2.75) is 19.8 Å². The highest BCUT2D eigenvalue weighted by Crippen LogP contribution is 2.12. The van der Waals surface area contributed by atoms with Crippen molar-refractivity contribution < 1.29 is 4.79 Å². The van der Waals surface area contributed by atoms with Crippen LogP contribution in [0.3, 0.4) is 0 Å². The topological polar surface area (TPSA) is 58.4 Å². The van der Waals surface area contributed by atoms with Gasteiger partial charge in [0.05, 0.1) is 5.69 Å². The first kappa shape index (κ1) is 13.9. The van der Waals surface area contributed by atoms with Crippen LogP contribution in [-0.2, 0) is 6.42 Å². The summed E-state index contributed by atoms with van der Waals surface area (Å²) >= 11 is 3.42. The van der Waals surface area contributed by atoms with Crippen molar-refractivity contribution in [3.63, 3.8) is 0 Å². The Bertz CT molecular complexity index is 567. The van der Waals surface area contributed by atoms with Crippen LogP contribution in [0.1, 0.15) is 19.0 Å². The van der Waals surface area contributed by atoms with Crippen LogP contribution in [0.5, 0.6) is 0 Å². The third-order valence-electron chi connectivity index (χ3n) is 2.67. The predicted molar refractivity (Wildman–Crippen MR) is 78.3 cm³/mol. The summed E-state index contributed by atoms with van der Waals surface area (Å²) in [5, 5.41) is 5.58. The number of rotatable bonds is 5. The number of fused-ring (bicyclic) bond motifs is 1. The fraction of sp³-hybridized carbons (Fsp3) is 0.385. The van der Waals surface area contributed by atoms with Gasteiger partial charge >= 0.3 is 6.03 Å². The van der Waals surface area contributed by atoms with Crippen molar-refractivity contribution in [3.8, 4) is 0 Å². The van der Waals surface area contributed by atoms with Gasteiger partial charge in [-0.2, -0.15) is 0 Å². The molecule has 2 heterocycles. The minimum Gasteiger partial charge on any atom is -0.338 e. The van der Waals surface area contributed by atoms with Crippen LogP contribution in [0.15, 0.2) is 29.0 Å². The number of carbonyl (C=O) groups excluding carboxylic acids is 1. The molecule has 0 atom stereocenters. The average molecular weight is 325 g/mol. The summed E-state index contributed by atoms with van der Waals surface area (Å²) in [6.45, 7) is 3.31. The van der Waals surface area contributed by atoms with Crippen LogP contribution < -0.4 is 10.6 Å². The van der Waals surface area contributed by atoms with Gasteiger partial charge in [0.15, 0.2) is 0 Å². The highest BCUT2D eigenvalue weighted by molar-refractivity contribution is 9.10. The van der Waals surface area contributed by atoms with E-state index in [9.17, 15) is 4.79 Å². The molecule has 0 saturated heterocycles. The second-order valence-corrected chi connectivity index (χ2v) is 5.19. The van der Waals surface area contributed by atoms with E-state index in [1.54, 1.807) is 0 Å². The molecular formula is C13H17BrN4O. The monoisotopic (exact) mass is 324 g/mol. The molecule has 0 aliphatic rings. The van der Waals surface area contributed by atoms with Crippen molar-refractivity contribution in [2.24, 2.45) is 0 Å². The van der Waals surface area contributed by atoms with E-state index in [1.165, 1.54) is 0 Å². The number of hydrogen-bond acceptors (Lipinski definition) is 2. The molecule has 2 aromatic rings. The number of nitrogens with zero attached hydrogens (tertiary/aromatic N) is 2. The molecule has 0 saturated carbocycles. The van der Waals surface area contributed by atoms with E-state index in [2.05, 4.69) is 31.5 Å². The first-order valence-corrected chi connectivity index (χ1v) is 7.13. The Morgan fingerprint density at radius 1 is 1.32 bits per heavy atom. The Balaban J connectivity index is 1.86. The third-order valence-corrected chi connectivity index (χ3v) is 3.14. The van der Waals surface area contributed by atoms with Crippen molar-refractivity contribution in [1.82, 2.24) is 20.0 Å². The quantitative estimate of drug-likeness (QED) is 0.887. The Morgan fingerprint density at radius 2 is 2.11 bits per heavy atom. The fourth-order valence-corrected chi connectivity index (χ4v) is 2.10. The lowest BCUT2D eigenvalue weighted by molar-refractivity contribution is 0.241. The van der Waals surface area contributed by atoms with Gasteiger partial charge in [-0.25, -0.2) is 9.78 Å². The van der Waals surface area contributed by atoms with E-state index >= 15 is 0 Å². The van der Waals surface area contributed by atoms with Crippen LogP contribution in [0, 0.1) is 0 Å². The summed E-state index contributed by atoms with van der Waals surface area (Å²) in [5.41, 5.74) is 1.88. The van der Waals surface area contributed by atoms with Gasteiger partial charge in [0.25, 0.3) is 0 Å². The van der Waals surface area contributed by atoms with Crippen molar-refractivity contribution >= 4 is 27.6 Å². The zero-order chi connectivity index (χ0) is 13.7. The van der Waals surface area contributed by atoms with Gasteiger partial charge in [0.1, 0.15) is 5.65 Å². The molecule has 0 aromatic carbocycles. The molecule has 6 heteroatoms. The molecule has 2 N–H and O–H groups in total. The molecule has 0 unspecified atom stereocenters. The van der Waals surface area contributed by atoms with E-state index < -0.39 is 0 Å². The minimum absolute atomic E-state index is 0.117. The standard InChI is InChI=1S/C13H17BrN4O/c1-2-6-15-13(19)16-7-5-11-9-18-8-10(14)3-4-12(18)17-11/h3-4,8-9H,2,5-7H2,1H3,(H2,15,16,19). The van der Waals surface area contributed by atoms with E-state index in [0.717, 1.165) is 28.7 Å². The van der Waals surface area contributed by atoms with Crippen LogP contribution in [0.2, 0.25) is 0 Å². The van der Waals surface area contributed by atoms with Crippen LogP contribution in [-0.4, -0.2) is 28.5 Å². The normalized spacial score (nSPS) is 10.6. The zero-order valence-corrected chi connectivity index (χ0v) is 12.4. The molecule has 5 nitrogen and oxygen atoms in total. The highest BCUT2D eigenvalue weighted by atomic mass is 79.9. The number of halogens is 1. The Morgan fingerprint density at radius 3 is 2.89 bits per heavy atom. The number of amides is 2. The molecule has 0 spiro atoms. The second kappa shape index (κ2) is 6.56. The molecular weight excluding hydrogens is 308 g/mol. The van der Waals surface area contributed by atoms with Gasteiger partial charge in [0, 0.05) is 36.4 Å². The first-order chi connectivity index (χ1) is 9.19. The van der Waals surface area contributed by atoms with Gasteiger partial charge in [-0.15, -0.1) is 0 Å². The Kier molecular flexibility index (Phi) is 4.79. The molecule has 19 heavy (non-hydrogen) atoms. The molecule has 0 bridgehead atoms. The number of aromatic nitrogens is 2. The largest absolute Gasteiger partial charge is 0.338 e. The van der Waals surface area contributed by atoms with Crippen molar-refractivity contribution in [1.29, 1.82) is 0 Å². The number of imidazole rings is 1. The Labute approximate surface area is 120 Å². The van der Waals surface area contributed by atoms with Crippen LogP contribution in [0.25, 0.3) is 5.65 Å². The second-order valence-electron chi connectivity index (χ2n) is 4.28. The SMILES string of the molecule is CCCNC(=O)NCCc1cn2cc(Br)ccc2n1. The molecule has 2 aromatic heterocycles. The number of hydrogen-bond donors (Lipinski definition) is 2. The maximum Gasteiger partial charge on any atom is 0.314 e. The number of nitrogens with one attached hydrogen (secondary N) is 2. The minimum atomic E-state index is -0.117. The van der Waals surface area contributed by atoms with Crippen molar-refractivity contribution in [2.75, 3.05) is 13.1 Å². The summed E-state index contributed by atoms with van der Waals surface area (Å²) in [5.74, 6) is 0. The van der Waals surface area contributed by atoms with Crippen LogP contribution in [0.4, 0.5) is 4.79 Å². The summed E-state index contributed by atoms with van der Waals surface area (Å²) in [7, 11) is 0. The highest BCUT2D eigenvalue weighted by Gasteiger charge is 2.03. The molecule has 0 aliphatic carbocycles. The maximum atomic E-state index is 11.4. The number of carbonyl (C=O) groups is 1. The van der Waals surface area contributed by atoms with Gasteiger partial charge in [-0.05, 0) is 34.5 Å². The van der Waals surface area contributed by atoms with Gasteiger partial charge in [0.2, 0.25) is 0 Å². The molecule has 102 valence electrons. The lowest BCUT2D eigenvalue weighted by Gasteiger charge is -2.04. The van der Waals surface area contributed by atoms with E-state index in [4.69, 9.17) is 0 Å². The average Bonchev–Trinajstić information content (AvgIpc) is 2.78. The summed E-state index contributed by atoms with van der Waals surface area (Å²) in [6, 6.07) is 3.80. The van der Waals surface area contributed by atoms with Gasteiger partial charge in [-0.3, -0.25) is 0 Å². The summed E-state index contributed by atoms with van der Waals surface area (Å²) < 4.78 is 2.98. The van der Waals surface area contributed by atoms with Gasteiger partial charge in [-0.1, -0.05) is 6.92 Å². The Hall–Kier alpha value is -1.56. The maximum absolute atomic E-state index is 11.4. The fourth-order valence-electron chi connectivity index (χ4n) is 1.74. The predicted octanol–water partition coefficient (Wildman–Crippen LogP) is 2.35. The summed E-state index contributed by atoms with van der Waals surface area (Å²) in [6.07, 6.45) is 5.60. The number of pyridine rings is 1. The molecule has 2 amide bonds. The van der Waals surface area contributed by atoms with Crippen LogP contribution >= 0.6 is 15.9 Å². The van der Waals surface area contributed by atoms with E-state index in [0.29, 0.717) is 13.1 Å². The molecule has 0 fully saturated rings. The number of urea groups is 1. The first-order valence-electron chi connectivity index (χ1n) is 6.34. The van der Waals surface area contributed by atoms with E-state index in [1.807, 2.05) is 35.9 Å². The zero-order valence-electron chi connectivity index (χ0n) is 10.8. The summed E-state index contributed by atoms with van der Waals surface area (Å²) in [4.78, 5) is 15.8. The van der Waals surface area contributed by atoms with Crippen molar-refractivity contribution in [3.05, 3.63) is 34.7 Å². The smallest absolute Gasteiger partial charge is 0.314 e. The van der Waals surface area contributed by atoms with Gasteiger partial charge < -0.3 is 15.0 Å².